The number of rotatable bonds is 1. The van der Waals surface area contributed by atoms with Gasteiger partial charge < -0.3 is 5.32 Å². The fourth-order valence-electron chi connectivity index (χ4n) is 1.34. The van der Waals surface area contributed by atoms with Gasteiger partial charge in [-0.25, -0.2) is 0 Å². The third kappa shape index (κ3) is 2.69. The van der Waals surface area contributed by atoms with Gasteiger partial charge in [0, 0.05) is 12.3 Å². The maximum atomic E-state index is 8.72. The molecule has 1 heterocycles. The number of benzene rings is 1. The molecule has 0 aromatic heterocycles. The Kier molecular flexibility index (Phi) is 3.70. The van der Waals surface area contributed by atoms with E-state index in [9.17, 15) is 0 Å². The number of hydrogen-bond donors (Lipinski definition) is 1. The lowest BCUT2D eigenvalue weighted by atomic mass is 10.2. The maximum absolute atomic E-state index is 8.72. The van der Waals surface area contributed by atoms with Crippen LogP contribution in [0.2, 0.25) is 5.02 Å². The van der Waals surface area contributed by atoms with Crippen LogP contribution < -0.4 is 5.32 Å². The van der Waals surface area contributed by atoms with Gasteiger partial charge in [-0.1, -0.05) is 23.4 Å². The van der Waals surface area contributed by atoms with Crippen molar-refractivity contribution in [2.45, 2.75) is 6.42 Å². The Morgan fingerprint density at radius 2 is 2.38 bits per heavy atom. The summed E-state index contributed by atoms with van der Waals surface area (Å²) in [6.07, 6.45) is 1.12. The van der Waals surface area contributed by atoms with Crippen molar-refractivity contribution in [1.29, 1.82) is 5.26 Å². The summed E-state index contributed by atoms with van der Waals surface area (Å²) in [6.45, 7) is 0.864. The minimum atomic E-state index is 0.549. The zero-order valence-electron chi connectivity index (χ0n) is 8.53. The molecule has 0 spiro atoms. The van der Waals surface area contributed by atoms with Crippen LogP contribution in [0, 0.1) is 11.3 Å². The van der Waals surface area contributed by atoms with E-state index in [1.165, 1.54) is 0 Å². The van der Waals surface area contributed by atoms with Crippen molar-refractivity contribution in [2.75, 3.05) is 17.6 Å². The molecule has 0 saturated heterocycles. The summed E-state index contributed by atoms with van der Waals surface area (Å²) in [5.41, 5.74) is 1.36. The van der Waals surface area contributed by atoms with Crippen molar-refractivity contribution in [2.24, 2.45) is 4.99 Å². The molecule has 0 aliphatic carbocycles. The second-order valence-electron chi connectivity index (χ2n) is 3.32. The summed E-state index contributed by atoms with van der Waals surface area (Å²) in [6, 6.07) is 7.24. The van der Waals surface area contributed by atoms with Gasteiger partial charge >= 0.3 is 0 Å². The molecule has 1 aromatic carbocycles. The molecule has 0 unspecified atom stereocenters. The molecule has 2 rings (SSSR count). The monoisotopic (exact) mass is 251 g/mol. The molecular formula is C11H10ClN3S. The first-order chi connectivity index (χ1) is 7.79. The van der Waals surface area contributed by atoms with Crippen LogP contribution in [0.15, 0.2) is 23.2 Å². The van der Waals surface area contributed by atoms with Crippen molar-refractivity contribution < 1.29 is 0 Å². The molecule has 1 aromatic rings. The molecule has 0 amide bonds. The largest absolute Gasteiger partial charge is 0.334 e. The Morgan fingerprint density at radius 1 is 1.50 bits per heavy atom. The topological polar surface area (TPSA) is 48.2 Å². The van der Waals surface area contributed by atoms with E-state index >= 15 is 0 Å². The Hall–Kier alpha value is -1.18. The molecule has 1 aliphatic heterocycles. The highest BCUT2D eigenvalue weighted by Crippen LogP contribution is 2.25. The summed E-state index contributed by atoms with van der Waals surface area (Å²) in [4.78, 5) is 4.35. The second-order valence-corrected chi connectivity index (χ2v) is 4.81. The highest BCUT2D eigenvalue weighted by molar-refractivity contribution is 8.14. The lowest BCUT2D eigenvalue weighted by Crippen LogP contribution is -2.13. The molecule has 0 bridgehead atoms. The van der Waals surface area contributed by atoms with Crippen molar-refractivity contribution in [3.63, 3.8) is 0 Å². The van der Waals surface area contributed by atoms with E-state index in [1.54, 1.807) is 30.0 Å². The van der Waals surface area contributed by atoms with Crippen LogP contribution in [0.25, 0.3) is 0 Å². The van der Waals surface area contributed by atoms with Crippen molar-refractivity contribution in [3.8, 4) is 6.07 Å². The number of halogens is 1. The molecule has 3 nitrogen and oxygen atoms in total. The highest BCUT2D eigenvalue weighted by atomic mass is 35.5. The number of nitrogens with zero attached hydrogens (tertiary/aromatic N) is 2. The normalized spacial score (nSPS) is 15.1. The average Bonchev–Trinajstić information content (AvgIpc) is 2.33. The zero-order valence-corrected chi connectivity index (χ0v) is 10.1. The molecule has 1 N–H and O–H groups in total. The predicted molar refractivity (Wildman–Crippen MR) is 69.2 cm³/mol. The predicted octanol–water partition coefficient (Wildman–Crippen LogP) is 3.12. The second kappa shape index (κ2) is 5.24. The fraction of sp³-hybridized carbons (Fsp3) is 0.273. The van der Waals surface area contributed by atoms with Crippen LogP contribution in [-0.4, -0.2) is 17.5 Å². The molecule has 0 saturated carbocycles. The standard InChI is InChI=1S/C11H10ClN3S/c12-9-6-8(7-13)2-3-10(9)15-11-14-4-1-5-16-11/h2-3,6H,1,4-5H2,(H,14,15). The number of anilines is 1. The zero-order chi connectivity index (χ0) is 11.4. The van der Waals surface area contributed by atoms with Crippen LogP contribution in [0.3, 0.4) is 0 Å². The molecule has 82 valence electrons. The van der Waals surface area contributed by atoms with E-state index in [0.717, 1.165) is 29.6 Å². The van der Waals surface area contributed by atoms with Gasteiger partial charge in [-0.2, -0.15) is 5.26 Å². The maximum Gasteiger partial charge on any atom is 0.161 e. The van der Waals surface area contributed by atoms with Crippen LogP contribution in [0.4, 0.5) is 5.69 Å². The summed E-state index contributed by atoms with van der Waals surface area (Å²) in [7, 11) is 0. The van der Waals surface area contributed by atoms with Gasteiger partial charge in [0.25, 0.3) is 0 Å². The Balaban J connectivity index is 2.15. The molecule has 16 heavy (non-hydrogen) atoms. The SMILES string of the molecule is N#Cc1ccc(NC2=NCCCS2)c(Cl)c1. The molecule has 0 atom stereocenters. The molecule has 5 heteroatoms. The van der Waals surface area contributed by atoms with E-state index < -0.39 is 0 Å². The first kappa shape index (κ1) is 11.3. The summed E-state index contributed by atoms with van der Waals surface area (Å²) in [5.74, 6) is 1.08. The van der Waals surface area contributed by atoms with Crippen molar-refractivity contribution in [3.05, 3.63) is 28.8 Å². The van der Waals surface area contributed by atoms with Crippen molar-refractivity contribution >= 4 is 34.2 Å². The smallest absolute Gasteiger partial charge is 0.161 e. The number of aliphatic imine (C=N–C) groups is 1. The van der Waals surface area contributed by atoms with Gasteiger partial charge in [-0.3, -0.25) is 4.99 Å². The van der Waals surface area contributed by atoms with E-state index in [1.807, 2.05) is 0 Å². The van der Waals surface area contributed by atoms with Crippen LogP contribution in [0.1, 0.15) is 12.0 Å². The first-order valence-electron chi connectivity index (χ1n) is 4.93. The third-order valence-corrected chi connectivity index (χ3v) is 3.45. The number of amidine groups is 1. The Labute approximate surface area is 104 Å². The Bertz CT molecular complexity index is 465. The van der Waals surface area contributed by atoms with Gasteiger partial charge in [-0.05, 0) is 24.6 Å². The van der Waals surface area contributed by atoms with E-state index in [0.29, 0.717) is 10.6 Å². The molecule has 0 radical (unpaired) electrons. The summed E-state index contributed by atoms with van der Waals surface area (Å²) >= 11 is 7.74. The number of thioether (sulfide) groups is 1. The quantitative estimate of drug-likeness (QED) is 0.834. The lowest BCUT2D eigenvalue weighted by molar-refractivity contribution is 0.938. The van der Waals surface area contributed by atoms with Crippen LogP contribution in [-0.2, 0) is 0 Å². The fourth-order valence-corrected chi connectivity index (χ4v) is 2.40. The van der Waals surface area contributed by atoms with E-state index in [-0.39, 0.29) is 0 Å². The van der Waals surface area contributed by atoms with Crippen molar-refractivity contribution in [1.82, 2.24) is 0 Å². The van der Waals surface area contributed by atoms with Gasteiger partial charge in [0.15, 0.2) is 5.17 Å². The number of nitriles is 1. The lowest BCUT2D eigenvalue weighted by Gasteiger charge is -2.14. The molecular weight excluding hydrogens is 242 g/mol. The highest BCUT2D eigenvalue weighted by Gasteiger charge is 2.08. The first-order valence-corrected chi connectivity index (χ1v) is 6.30. The molecule has 1 aliphatic rings. The summed E-state index contributed by atoms with van der Waals surface area (Å²) < 4.78 is 0. The number of nitrogens with one attached hydrogen (secondary N) is 1. The van der Waals surface area contributed by atoms with Gasteiger partial charge in [0.2, 0.25) is 0 Å². The number of hydrogen-bond acceptors (Lipinski definition) is 4. The Morgan fingerprint density at radius 3 is 3.00 bits per heavy atom. The van der Waals surface area contributed by atoms with E-state index in [2.05, 4.69) is 16.4 Å². The average molecular weight is 252 g/mol. The summed E-state index contributed by atoms with van der Waals surface area (Å²) in [5, 5.41) is 13.3. The van der Waals surface area contributed by atoms with Gasteiger partial charge in [-0.15, -0.1) is 0 Å². The molecule has 0 fully saturated rings. The minimum absolute atomic E-state index is 0.549. The third-order valence-electron chi connectivity index (χ3n) is 2.14. The van der Waals surface area contributed by atoms with Crippen LogP contribution >= 0.6 is 23.4 Å². The van der Waals surface area contributed by atoms with Gasteiger partial charge in [0.05, 0.1) is 22.3 Å². The van der Waals surface area contributed by atoms with E-state index in [4.69, 9.17) is 16.9 Å². The minimum Gasteiger partial charge on any atom is -0.334 e. The van der Waals surface area contributed by atoms with Gasteiger partial charge in [0.1, 0.15) is 0 Å². The van der Waals surface area contributed by atoms with Crippen LogP contribution in [0.5, 0.6) is 0 Å².